The maximum absolute atomic E-state index is 5.76. The van der Waals surface area contributed by atoms with Gasteiger partial charge in [-0.05, 0) is 24.3 Å². The number of halogens is 1. The summed E-state index contributed by atoms with van der Waals surface area (Å²) < 4.78 is 6.82. The van der Waals surface area contributed by atoms with Gasteiger partial charge in [0.25, 0.3) is 0 Å². The number of hydrogen-bond donors (Lipinski definition) is 1. The first-order valence-corrected chi connectivity index (χ1v) is 6.36. The highest BCUT2D eigenvalue weighted by atomic mass is 79.9. The molecule has 0 fully saturated rings. The van der Waals surface area contributed by atoms with Gasteiger partial charge in [0.1, 0.15) is 11.3 Å². The zero-order valence-electron chi connectivity index (χ0n) is 9.59. The second-order valence-corrected chi connectivity index (χ2v) is 5.17. The van der Waals surface area contributed by atoms with Crippen molar-refractivity contribution < 1.29 is 4.42 Å². The standard InChI is InChI=1S/C13H16BrNO/c1-9(2)15-6-5-12-7-10-3-4-11(14)8-13(10)16-12/h3-4,7-9,15H,5-6H2,1-2H3. The summed E-state index contributed by atoms with van der Waals surface area (Å²) in [5, 5.41) is 4.55. The second kappa shape index (κ2) is 5.02. The molecule has 0 aliphatic carbocycles. The van der Waals surface area contributed by atoms with E-state index in [1.54, 1.807) is 0 Å². The number of hydrogen-bond acceptors (Lipinski definition) is 2. The quantitative estimate of drug-likeness (QED) is 0.924. The molecule has 16 heavy (non-hydrogen) atoms. The number of furan rings is 1. The molecule has 0 spiro atoms. The van der Waals surface area contributed by atoms with Crippen LogP contribution in [0.25, 0.3) is 11.0 Å². The van der Waals surface area contributed by atoms with E-state index in [4.69, 9.17) is 4.42 Å². The fourth-order valence-corrected chi connectivity index (χ4v) is 2.01. The molecule has 86 valence electrons. The Hall–Kier alpha value is -0.800. The molecule has 1 aromatic heterocycles. The zero-order chi connectivity index (χ0) is 11.5. The van der Waals surface area contributed by atoms with Crippen molar-refractivity contribution in [1.82, 2.24) is 5.32 Å². The molecule has 1 aromatic carbocycles. The lowest BCUT2D eigenvalue weighted by Gasteiger charge is -2.05. The van der Waals surface area contributed by atoms with Gasteiger partial charge in [0.05, 0.1) is 0 Å². The smallest absolute Gasteiger partial charge is 0.135 e. The third kappa shape index (κ3) is 2.86. The van der Waals surface area contributed by atoms with Crippen LogP contribution in [0.4, 0.5) is 0 Å². The van der Waals surface area contributed by atoms with Gasteiger partial charge in [0.2, 0.25) is 0 Å². The summed E-state index contributed by atoms with van der Waals surface area (Å²) in [5.41, 5.74) is 0.953. The van der Waals surface area contributed by atoms with Crippen LogP contribution in [0, 0.1) is 0 Å². The second-order valence-electron chi connectivity index (χ2n) is 4.25. The molecule has 0 radical (unpaired) electrons. The fraction of sp³-hybridized carbons (Fsp3) is 0.385. The van der Waals surface area contributed by atoms with E-state index in [1.165, 1.54) is 5.39 Å². The van der Waals surface area contributed by atoms with Crippen LogP contribution in [0.2, 0.25) is 0 Å². The maximum atomic E-state index is 5.76. The van der Waals surface area contributed by atoms with Crippen LogP contribution >= 0.6 is 15.9 Å². The normalized spacial score (nSPS) is 11.5. The van der Waals surface area contributed by atoms with Crippen LogP contribution < -0.4 is 5.32 Å². The summed E-state index contributed by atoms with van der Waals surface area (Å²) >= 11 is 3.44. The van der Waals surface area contributed by atoms with E-state index in [1.807, 2.05) is 12.1 Å². The van der Waals surface area contributed by atoms with Gasteiger partial charge < -0.3 is 9.73 Å². The Morgan fingerprint density at radius 3 is 2.88 bits per heavy atom. The molecule has 2 rings (SSSR count). The van der Waals surface area contributed by atoms with Gasteiger partial charge in [-0.25, -0.2) is 0 Å². The van der Waals surface area contributed by atoms with E-state index >= 15 is 0 Å². The van der Waals surface area contributed by atoms with Gasteiger partial charge in [-0.2, -0.15) is 0 Å². The first kappa shape index (κ1) is 11.7. The Labute approximate surface area is 104 Å². The van der Waals surface area contributed by atoms with E-state index in [9.17, 15) is 0 Å². The molecule has 0 bridgehead atoms. The topological polar surface area (TPSA) is 25.2 Å². The molecule has 0 aliphatic heterocycles. The minimum absolute atomic E-state index is 0.526. The van der Waals surface area contributed by atoms with Crippen LogP contribution in [0.1, 0.15) is 19.6 Å². The van der Waals surface area contributed by atoms with E-state index in [0.29, 0.717) is 6.04 Å². The molecule has 0 unspecified atom stereocenters. The SMILES string of the molecule is CC(C)NCCc1cc2ccc(Br)cc2o1. The van der Waals surface area contributed by atoms with E-state index in [0.717, 1.165) is 28.8 Å². The molecule has 0 aliphatic rings. The average molecular weight is 282 g/mol. The van der Waals surface area contributed by atoms with Crippen molar-refractivity contribution in [3.63, 3.8) is 0 Å². The minimum atomic E-state index is 0.526. The molecular formula is C13H16BrNO. The lowest BCUT2D eigenvalue weighted by Crippen LogP contribution is -2.24. The minimum Gasteiger partial charge on any atom is -0.461 e. The summed E-state index contributed by atoms with van der Waals surface area (Å²) in [7, 11) is 0. The highest BCUT2D eigenvalue weighted by molar-refractivity contribution is 9.10. The van der Waals surface area contributed by atoms with E-state index in [-0.39, 0.29) is 0 Å². The van der Waals surface area contributed by atoms with Gasteiger partial charge in [-0.3, -0.25) is 0 Å². The van der Waals surface area contributed by atoms with Crippen molar-refractivity contribution in [3.8, 4) is 0 Å². The lowest BCUT2D eigenvalue weighted by atomic mass is 10.2. The molecular weight excluding hydrogens is 266 g/mol. The predicted molar refractivity (Wildman–Crippen MR) is 70.8 cm³/mol. The first-order chi connectivity index (χ1) is 7.65. The molecule has 1 heterocycles. The molecule has 2 nitrogen and oxygen atoms in total. The lowest BCUT2D eigenvalue weighted by molar-refractivity contribution is 0.516. The van der Waals surface area contributed by atoms with Gasteiger partial charge >= 0.3 is 0 Å². The Balaban J connectivity index is 2.08. The van der Waals surface area contributed by atoms with Crippen molar-refractivity contribution in [3.05, 3.63) is 34.5 Å². The summed E-state index contributed by atoms with van der Waals surface area (Å²) in [6, 6.07) is 8.76. The van der Waals surface area contributed by atoms with Gasteiger partial charge in [-0.15, -0.1) is 0 Å². The number of fused-ring (bicyclic) bond motifs is 1. The number of rotatable bonds is 4. The van der Waals surface area contributed by atoms with Crippen molar-refractivity contribution >= 4 is 26.9 Å². The molecule has 2 aromatic rings. The third-order valence-electron chi connectivity index (χ3n) is 2.46. The Kier molecular flexibility index (Phi) is 3.66. The highest BCUT2D eigenvalue weighted by Gasteiger charge is 2.04. The summed E-state index contributed by atoms with van der Waals surface area (Å²) in [4.78, 5) is 0. The van der Waals surface area contributed by atoms with E-state index in [2.05, 4.69) is 47.2 Å². The summed E-state index contributed by atoms with van der Waals surface area (Å²) in [6.07, 6.45) is 0.935. The van der Waals surface area contributed by atoms with Crippen LogP contribution in [0.15, 0.2) is 33.2 Å². The van der Waals surface area contributed by atoms with Gasteiger partial charge in [0, 0.05) is 28.9 Å². The Bertz CT molecular complexity index is 476. The predicted octanol–water partition coefficient (Wildman–Crippen LogP) is 3.74. The highest BCUT2D eigenvalue weighted by Crippen LogP contribution is 2.23. The molecule has 0 saturated heterocycles. The van der Waals surface area contributed by atoms with Crippen molar-refractivity contribution in [2.75, 3.05) is 6.54 Å². The fourth-order valence-electron chi connectivity index (χ4n) is 1.67. The van der Waals surface area contributed by atoms with Crippen LogP contribution in [-0.2, 0) is 6.42 Å². The van der Waals surface area contributed by atoms with Gasteiger partial charge in [0.15, 0.2) is 0 Å². The van der Waals surface area contributed by atoms with Crippen molar-refractivity contribution in [2.45, 2.75) is 26.3 Å². The molecule has 0 atom stereocenters. The van der Waals surface area contributed by atoms with Crippen LogP contribution in [-0.4, -0.2) is 12.6 Å². The Morgan fingerprint density at radius 1 is 1.31 bits per heavy atom. The van der Waals surface area contributed by atoms with Crippen LogP contribution in [0.5, 0.6) is 0 Å². The summed E-state index contributed by atoms with van der Waals surface area (Å²) in [6.45, 7) is 5.25. The van der Waals surface area contributed by atoms with Crippen molar-refractivity contribution in [2.24, 2.45) is 0 Å². The van der Waals surface area contributed by atoms with E-state index < -0.39 is 0 Å². The average Bonchev–Trinajstić information content (AvgIpc) is 2.58. The zero-order valence-corrected chi connectivity index (χ0v) is 11.2. The largest absolute Gasteiger partial charge is 0.461 e. The third-order valence-corrected chi connectivity index (χ3v) is 2.95. The maximum Gasteiger partial charge on any atom is 0.135 e. The summed E-state index contributed by atoms with van der Waals surface area (Å²) in [5.74, 6) is 1.04. The first-order valence-electron chi connectivity index (χ1n) is 5.56. The molecule has 0 saturated carbocycles. The monoisotopic (exact) mass is 281 g/mol. The van der Waals surface area contributed by atoms with Gasteiger partial charge in [-0.1, -0.05) is 29.8 Å². The van der Waals surface area contributed by atoms with Crippen LogP contribution in [0.3, 0.4) is 0 Å². The van der Waals surface area contributed by atoms with Crippen molar-refractivity contribution in [1.29, 1.82) is 0 Å². The Morgan fingerprint density at radius 2 is 2.12 bits per heavy atom. The number of nitrogens with one attached hydrogen (secondary N) is 1. The molecule has 3 heteroatoms. The molecule has 1 N–H and O–H groups in total. The molecule has 0 amide bonds. The number of benzene rings is 1.